The van der Waals surface area contributed by atoms with Crippen LogP contribution in [0.25, 0.3) is 27.8 Å². The molecule has 168 valence electrons. The Morgan fingerprint density at radius 3 is 2.18 bits per heavy atom. The third-order valence-corrected chi connectivity index (χ3v) is 5.44. The van der Waals surface area contributed by atoms with Crippen molar-refractivity contribution in [2.24, 2.45) is 0 Å². The molecule has 0 saturated carbocycles. The summed E-state index contributed by atoms with van der Waals surface area (Å²) in [5, 5.41) is 3.32. The van der Waals surface area contributed by atoms with Gasteiger partial charge in [0, 0.05) is 23.0 Å². The van der Waals surface area contributed by atoms with E-state index in [4.69, 9.17) is 4.74 Å². The zero-order valence-corrected chi connectivity index (χ0v) is 18.1. The van der Waals surface area contributed by atoms with E-state index in [-0.39, 0.29) is 22.5 Å². The number of anilines is 2. The average Bonchev–Trinajstić information content (AvgIpc) is 2.86. The molecule has 2 heterocycles. The van der Waals surface area contributed by atoms with Gasteiger partial charge in [0.1, 0.15) is 11.6 Å². The number of pyridine rings is 2. The first-order valence-electron chi connectivity index (χ1n) is 10.5. The molecular formula is C27H19F2N3O2. The van der Waals surface area contributed by atoms with E-state index in [0.29, 0.717) is 17.1 Å². The standard InChI is InChI=1S/C27H19F2N3O2/c1-34-27-25(29)23(17-12-14-18(28)15-13-17)24-21(33)16-22(30-19-8-4-2-5-9-19)32(26(24)31-27)20-10-6-3-7-11-20/h2-16,30H,1H3. The van der Waals surface area contributed by atoms with Crippen LogP contribution in [-0.4, -0.2) is 16.7 Å². The third kappa shape index (κ3) is 3.77. The summed E-state index contributed by atoms with van der Waals surface area (Å²) in [6.45, 7) is 0. The summed E-state index contributed by atoms with van der Waals surface area (Å²) in [6, 6.07) is 25.4. The molecule has 0 radical (unpaired) electrons. The molecule has 34 heavy (non-hydrogen) atoms. The van der Waals surface area contributed by atoms with Gasteiger partial charge in [-0.05, 0) is 42.0 Å². The molecule has 1 N–H and O–H groups in total. The van der Waals surface area contributed by atoms with Crippen LogP contribution in [0.4, 0.5) is 20.3 Å². The number of benzene rings is 3. The maximum atomic E-state index is 15.5. The first-order chi connectivity index (χ1) is 16.6. The summed E-state index contributed by atoms with van der Waals surface area (Å²) >= 11 is 0. The monoisotopic (exact) mass is 455 g/mol. The number of methoxy groups -OCH3 is 1. The lowest BCUT2D eigenvalue weighted by Crippen LogP contribution is -2.16. The molecule has 0 bridgehead atoms. The fraction of sp³-hybridized carbons (Fsp3) is 0.0370. The predicted octanol–water partition coefficient (Wildman–Crippen LogP) is 6.08. The van der Waals surface area contributed by atoms with Gasteiger partial charge in [0.2, 0.25) is 0 Å². The Labute approximate surface area is 193 Å². The highest BCUT2D eigenvalue weighted by molar-refractivity contribution is 5.95. The van der Waals surface area contributed by atoms with E-state index in [1.807, 2.05) is 60.7 Å². The van der Waals surface area contributed by atoms with E-state index in [2.05, 4.69) is 10.3 Å². The van der Waals surface area contributed by atoms with Crippen LogP contribution in [0.1, 0.15) is 0 Å². The number of hydrogen-bond donors (Lipinski definition) is 1. The van der Waals surface area contributed by atoms with Crippen molar-refractivity contribution < 1.29 is 13.5 Å². The fourth-order valence-electron chi connectivity index (χ4n) is 3.92. The topological polar surface area (TPSA) is 56.1 Å². The number of halogens is 2. The summed E-state index contributed by atoms with van der Waals surface area (Å²) in [5.41, 5.74) is 1.58. The van der Waals surface area contributed by atoms with Crippen molar-refractivity contribution in [3.63, 3.8) is 0 Å². The normalized spacial score (nSPS) is 10.9. The van der Waals surface area contributed by atoms with Gasteiger partial charge in [-0.15, -0.1) is 0 Å². The Morgan fingerprint density at radius 1 is 0.882 bits per heavy atom. The van der Waals surface area contributed by atoms with E-state index >= 15 is 4.39 Å². The van der Waals surface area contributed by atoms with Crippen molar-refractivity contribution in [3.8, 4) is 22.7 Å². The number of aromatic nitrogens is 2. The number of fused-ring (bicyclic) bond motifs is 1. The Bertz CT molecular complexity index is 1530. The van der Waals surface area contributed by atoms with Gasteiger partial charge in [-0.25, -0.2) is 8.78 Å². The molecule has 3 aromatic carbocycles. The Hall–Kier alpha value is -4.52. The van der Waals surface area contributed by atoms with Gasteiger partial charge < -0.3 is 10.1 Å². The molecule has 7 heteroatoms. The third-order valence-electron chi connectivity index (χ3n) is 5.44. The maximum Gasteiger partial charge on any atom is 0.252 e. The van der Waals surface area contributed by atoms with E-state index in [0.717, 1.165) is 5.69 Å². The molecule has 0 aliphatic carbocycles. The predicted molar refractivity (Wildman–Crippen MR) is 129 cm³/mol. The van der Waals surface area contributed by atoms with Gasteiger partial charge in [-0.1, -0.05) is 48.5 Å². The van der Waals surface area contributed by atoms with Crippen molar-refractivity contribution in [1.82, 2.24) is 9.55 Å². The van der Waals surface area contributed by atoms with E-state index in [1.54, 1.807) is 4.57 Å². The zero-order valence-electron chi connectivity index (χ0n) is 18.1. The zero-order chi connectivity index (χ0) is 23.7. The minimum atomic E-state index is -0.790. The summed E-state index contributed by atoms with van der Waals surface area (Å²) < 4.78 is 36.1. The maximum absolute atomic E-state index is 15.5. The molecule has 0 aliphatic heterocycles. The van der Waals surface area contributed by atoms with Gasteiger partial charge >= 0.3 is 0 Å². The van der Waals surface area contributed by atoms with Crippen LogP contribution in [0.5, 0.6) is 5.88 Å². The molecule has 0 amide bonds. The van der Waals surface area contributed by atoms with Crippen LogP contribution < -0.4 is 15.5 Å². The second kappa shape index (κ2) is 8.78. The van der Waals surface area contributed by atoms with Gasteiger partial charge in [0.25, 0.3) is 5.88 Å². The lowest BCUT2D eigenvalue weighted by Gasteiger charge is -2.20. The number of para-hydroxylation sites is 2. The van der Waals surface area contributed by atoms with Crippen molar-refractivity contribution >= 4 is 22.5 Å². The minimum Gasteiger partial charge on any atom is -0.479 e. The van der Waals surface area contributed by atoms with E-state index < -0.39 is 17.1 Å². The van der Waals surface area contributed by atoms with Crippen LogP contribution in [-0.2, 0) is 0 Å². The van der Waals surface area contributed by atoms with E-state index in [1.165, 1.54) is 37.4 Å². The van der Waals surface area contributed by atoms with E-state index in [9.17, 15) is 9.18 Å². The molecule has 0 spiro atoms. The largest absolute Gasteiger partial charge is 0.479 e. The number of hydrogen-bond acceptors (Lipinski definition) is 4. The quantitative estimate of drug-likeness (QED) is 0.349. The molecule has 0 fully saturated rings. The number of nitrogens with zero attached hydrogens (tertiary/aromatic N) is 2. The van der Waals surface area contributed by atoms with Crippen LogP contribution >= 0.6 is 0 Å². The van der Waals surface area contributed by atoms with Crippen LogP contribution in [0.15, 0.2) is 95.8 Å². The van der Waals surface area contributed by atoms with Crippen molar-refractivity contribution in [3.05, 3.63) is 113 Å². The Kier molecular flexibility index (Phi) is 5.51. The molecule has 0 unspecified atom stereocenters. The number of ether oxygens (including phenoxy) is 1. The van der Waals surface area contributed by atoms with Crippen LogP contribution in [0.3, 0.4) is 0 Å². The summed E-state index contributed by atoms with van der Waals surface area (Å²) in [5.74, 6) is -1.08. The number of nitrogens with one attached hydrogen (secondary N) is 1. The second-order valence-corrected chi connectivity index (χ2v) is 7.57. The van der Waals surface area contributed by atoms with Crippen molar-refractivity contribution in [2.75, 3.05) is 12.4 Å². The van der Waals surface area contributed by atoms with Crippen LogP contribution in [0, 0.1) is 11.6 Å². The molecule has 5 aromatic rings. The summed E-state index contributed by atoms with van der Waals surface area (Å²) in [4.78, 5) is 17.8. The summed E-state index contributed by atoms with van der Waals surface area (Å²) in [6.07, 6.45) is 0. The fourth-order valence-corrected chi connectivity index (χ4v) is 3.92. The van der Waals surface area contributed by atoms with Gasteiger partial charge in [0.15, 0.2) is 16.9 Å². The second-order valence-electron chi connectivity index (χ2n) is 7.57. The lowest BCUT2D eigenvalue weighted by atomic mass is 10.0. The highest BCUT2D eigenvalue weighted by atomic mass is 19.1. The highest BCUT2D eigenvalue weighted by Crippen LogP contribution is 2.35. The van der Waals surface area contributed by atoms with Gasteiger partial charge in [0.05, 0.1) is 12.5 Å². The van der Waals surface area contributed by atoms with Crippen molar-refractivity contribution in [1.29, 1.82) is 0 Å². The van der Waals surface area contributed by atoms with Gasteiger partial charge in [-0.3, -0.25) is 9.36 Å². The summed E-state index contributed by atoms with van der Waals surface area (Å²) in [7, 11) is 1.31. The molecule has 5 nitrogen and oxygen atoms in total. The first-order valence-corrected chi connectivity index (χ1v) is 10.5. The SMILES string of the molecule is COc1nc2c(c(-c3ccc(F)cc3)c1F)c(=O)cc(Nc1ccccc1)n2-c1ccccc1. The molecule has 0 aliphatic rings. The Balaban J connectivity index is 1.90. The molecule has 2 aromatic heterocycles. The van der Waals surface area contributed by atoms with Gasteiger partial charge in [-0.2, -0.15) is 4.98 Å². The lowest BCUT2D eigenvalue weighted by molar-refractivity contribution is 0.371. The first kappa shape index (κ1) is 21.3. The molecular weight excluding hydrogens is 436 g/mol. The Morgan fingerprint density at radius 2 is 1.53 bits per heavy atom. The molecule has 0 saturated heterocycles. The molecule has 0 atom stereocenters. The number of rotatable bonds is 5. The van der Waals surface area contributed by atoms with Crippen molar-refractivity contribution in [2.45, 2.75) is 0 Å². The molecule has 5 rings (SSSR count). The average molecular weight is 455 g/mol. The smallest absolute Gasteiger partial charge is 0.252 e. The van der Waals surface area contributed by atoms with Crippen LogP contribution in [0.2, 0.25) is 0 Å². The minimum absolute atomic E-state index is 0.00259. The highest BCUT2D eigenvalue weighted by Gasteiger charge is 2.23.